The van der Waals surface area contributed by atoms with Gasteiger partial charge in [0.2, 0.25) is 0 Å². The maximum absolute atomic E-state index is 10.8. The zero-order chi connectivity index (χ0) is 10.1. The summed E-state index contributed by atoms with van der Waals surface area (Å²) in [6.07, 6.45) is 3.11. The van der Waals surface area contributed by atoms with Crippen molar-refractivity contribution in [2.24, 2.45) is 0 Å². The maximum atomic E-state index is 10.8. The normalized spacial score (nSPS) is 19.1. The molecule has 4 heteroatoms. The highest BCUT2D eigenvalue weighted by molar-refractivity contribution is 5.66. The van der Waals surface area contributed by atoms with Crippen LogP contribution in [-0.2, 0) is 16.0 Å². The van der Waals surface area contributed by atoms with Crippen molar-refractivity contribution in [3.05, 3.63) is 23.5 Å². The van der Waals surface area contributed by atoms with Gasteiger partial charge in [-0.2, -0.15) is 0 Å². The number of pyridine rings is 1. The molecule has 0 amide bonds. The predicted octanol–water partition coefficient (Wildman–Crippen LogP) is 1.21. The number of ether oxygens (including phenoxy) is 1. The van der Waals surface area contributed by atoms with Gasteiger partial charge in [0.25, 0.3) is 0 Å². The van der Waals surface area contributed by atoms with Crippen LogP contribution in [0.15, 0.2) is 12.3 Å². The average Bonchev–Trinajstić information content (AvgIpc) is 2.47. The molecule has 0 saturated heterocycles. The Morgan fingerprint density at radius 1 is 1.71 bits per heavy atom. The number of aromatic nitrogens is 1. The van der Waals surface area contributed by atoms with E-state index < -0.39 is 0 Å². The third kappa shape index (κ3) is 1.55. The fourth-order valence-electron chi connectivity index (χ4n) is 1.77. The minimum atomic E-state index is -0.263. The molecule has 0 bridgehead atoms. The highest BCUT2D eigenvalue weighted by Crippen LogP contribution is 2.32. The molecule has 0 spiro atoms. The van der Waals surface area contributed by atoms with Gasteiger partial charge in [0.1, 0.15) is 6.10 Å². The summed E-state index contributed by atoms with van der Waals surface area (Å²) in [5, 5.41) is 0. The smallest absolute Gasteiger partial charge is 0.303 e. The third-order valence-corrected chi connectivity index (χ3v) is 2.31. The number of nitrogen functional groups attached to an aromatic ring is 1. The summed E-state index contributed by atoms with van der Waals surface area (Å²) in [6, 6.07) is 1.89. The molecular weight excluding hydrogens is 180 g/mol. The number of carbonyl (C=O) groups excluding carboxylic acids is 1. The van der Waals surface area contributed by atoms with E-state index >= 15 is 0 Å². The van der Waals surface area contributed by atoms with Crippen molar-refractivity contribution in [2.75, 3.05) is 5.73 Å². The zero-order valence-electron chi connectivity index (χ0n) is 7.99. The van der Waals surface area contributed by atoms with Crippen LogP contribution in [0, 0.1) is 0 Å². The molecule has 1 unspecified atom stereocenters. The molecule has 0 aliphatic heterocycles. The van der Waals surface area contributed by atoms with E-state index in [9.17, 15) is 4.79 Å². The van der Waals surface area contributed by atoms with Gasteiger partial charge in [0, 0.05) is 6.92 Å². The first-order chi connectivity index (χ1) is 6.66. The van der Waals surface area contributed by atoms with Crippen LogP contribution in [0.3, 0.4) is 0 Å². The number of hydrogen-bond acceptors (Lipinski definition) is 4. The first-order valence-corrected chi connectivity index (χ1v) is 4.58. The van der Waals surface area contributed by atoms with Crippen molar-refractivity contribution in [3.8, 4) is 0 Å². The molecule has 1 aliphatic rings. The van der Waals surface area contributed by atoms with E-state index in [2.05, 4.69) is 4.98 Å². The van der Waals surface area contributed by atoms with E-state index in [0.29, 0.717) is 5.69 Å². The van der Waals surface area contributed by atoms with Crippen molar-refractivity contribution in [1.29, 1.82) is 0 Å². The number of esters is 1. The Kier molecular flexibility index (Phi) is 2.11. The van der Waals surface area contributed by atoms with Crippen molar-refractivity contribution in [2.45, 2.75) is 25.9 Å². The summed E-state index contributed by atoms with van der Waals surface area (Å²) in [6.45, 7) is 1.41. The summed E-state index contributed by atoms with van der Waals surface area (Å²) in [5.41, 5.74) is 8.22. The van der Waals surface area contributed by atoms with Crippen LogP contribution in [0.2, 0.25) is 0 Å². The Morgan fingerprint density at radius 2 is 2.50 bits per heavy atom. The second-order valence-electron chi connectivity index (χ2n) is 3.45. The predicted molar refractivity (Wildman–Crippen MR) is 51.5 cm³/mol. The molecule has 14 heavy (non-hydrogen) atoms. The molecule has 1 aliphatic carbocycles. The van der Waals surface area contributed by atoms with Gasteiger partial charge < -0.3 is 10.5 Å². The minimum absolute atomic E-state index is 0.178. The molecular formula is C10H12N2O2. The van der Waals surface area contributed by atoms with Crippen molar-refractivity contribution in [1.82, 2.24) is 4.98 Å². The fraction of sp³-hybridized carbons (Fsp3) is 0.400. The van der Waals surface area contributed by atoms with Gasteiger partial charge in [-0.1, -0.05) is 0 Å². The van der Waals surface area contributed by atoms with E-state index in [1.807, 2.05) is 6.07 Å². The van der Waals surface area contributed by atoms with Crippen molar-refractivity contribution < 1.29 is 9.53 Å². The van der Waals surface area contributed by atoms with E-state index in [1.165, 1.54) is 6.92 Å². The molecule has 0 aromatic carbocycles. The van der Waals surface area contributed by atoms with E-state index in [0.717, 1.165) is 24.1 Å². The van der Waals surface area contributed by atoms with Gasteiger partial charge in [-0.3, -0.25) is 9.78 Å². The van der Waals surface area contributed by atoms with E-state index in [4.69, 9.17) is 10.5 Å². The number of fused-ring (bicyclic) bond motifs is 1. The van der Waals surface area contributed by atoms with Gasteiger partial charge in [0.15, 0.2) is 0 Å². The van der Waals surface area contributed by atoms with Crippen LogP contribution in [0.4, 0.5) is 5.69 Å². The number of rotatable bonds is 1. The molecule has 2 N–H and O–H groups in total. The van der Waals surface area contributed by atoms with Gasteiger partial charge in [-0.05, 0) is 24.5 Å². The number of nitrogens with zero attached hydrogens (tertiary/aromatic N) is 1. The number of anilines is 1. The highest BCUT2D eigenvalue weighted by Gasteiger charge is 2.26. The van der Waals surface area contributed by atoms with Crippen LogP contribution in [0.25, 0.3) is 0 Å². The van der Waals surface area contributed by atoms with Crippen LogP contribution in [-0.4, -0.2) is 11.0 Å². The molecule has 1 heterocycles. The lowest BCUT2D eigenvalue weighted by Gasteiger charge is -2.10. The van der Waals surface area contributed by atoms with Gasteiger partial charge in [-0.25, -0.2) is 0 Å². The number of nitrogens with two attached hydrogens (primary N) is 1. The average molecular weight is 192 g/mol. The molecule has 1 aromatic heterocycles. The molecule has 74 valence electrons. The van der Waals surface area contributed by atoms with Gasteiger partial charge in [-0.15, -0.1) is 0 Å². The maximum Gasteiger partial charge on any atom is 0.303 e. The van der Waals surface area contributed by atoms with Crippen LogP contribution in [0.5, 0.6) is 0 Å². The lowest BCUT2D eigenvalue weighted by molar-refractivity contribution is -0.146. The molecule has 2 rings (SSSR count). The van der Waals surface area contributed by atoms with Gasteiger partial charge in [0.05, 0.1) is 17.6 Å². The Morgan fingerprint density at radius 3 is 3.21 bits per heavy atom. The Bertz CT molecular complexity index is 376. The monoisotopic (exact) mass is 192 g/mol. The fourth-order valence-corrected chi connectivity index (χ4v) is 1.77. The second kappa shape index (κ2) is 3.29. The van der Waals surface area contributed by atoms with Crippen molar-refractivity contribution >= 4 is 11.7 Å². The summed E-state index contributed by atoms with van der Waals surface area (Å²) < 4.78 is 5.14. The lowest BCUT2D eigenvalue weighted by atomic mass is 10.2. The third-order valence-electron chi connectivity index (χ3n) is 2.31. The first-order valence-electron chi connectivity index (χ1n) is 4.58. The summed E-state index contributed by atoms with van der Waals surface area (Å²) in [7, 11) is 0. The number of hydrogen-bond donors (Lipinski definition) is 1. The highest BCUT2D eigenvalue weighted by atomic mass is 16.5. The van der Waals surface area contributed by atoms with Crippen LogP contribution in [0.1, 0.15) is 30.7 Å². The van der Waals surface area contributed by atoms with Gasteiger partial charge >= 0.3 is 5.97 Å². The lowest BCUT2D eigenvalue weighted by Crippen LogP contribution is -2.06. The molecule has 4 nitrogen and oxygen atoms in total. The quantitative estimate of drug-likeness (QED) is 0.679. The zero-order valence-corrected chi connectivity index (χ0v) is 7.99. The van der Waals surface area contributed by atoms with Crippen LogP contribution >= 0.6 is 0 Å². The molecule has 0 fully saturated rings. The Hall–Kier alpha value is -1.58. The van der Waals surface area contributed by atoms with E-state index in [1.54, 1.807) is 6.20 Å². The van der Waals surface area contributed by atoms with Crippen LogP contribution < -0.4 is 5.73 Å². The molecule has 0 saturated carbocycles. The number of carbonyl (C=O) groups is 1. The van der Waals surface area contributed by atoms with E-state index in [-0.39, 0.29) is 12.1 Å². The Labute approximate surface area is 82.1 Å². The summed E-state index contributed by atoms with van der Waals surface area (Å²) in [4.78, 5) is 15.0. The number of aryl methyl sites for hydroxylation is 1. The Balaban J connectivity index is 2.26. The minimum Gasteiger partial charge on any atom is -0.456 e. The summed E-state index contributed by atoms with van der Waals surface area (Å²) >= 11 is 0. The largest absolute Gasteiger partial charge is 0.456 e. The standard InChI is InChI=1S/C10H12N2O2/c1-6(13)14-9-3-2-7-4-8(11)5-12-10(7)9/h4-5,9H,2-3,11H2,1H3. The molecule has 0 radical (unpaired) electrons. The topological polar surface area (TPSA) is 65.2 Å². The first kappa shape index (κ1) is 8.99. The van der Waals surface area contributed by atoms with Crippen molar-refractivity contribution in [3.63, 3.8) is 0 Å². The second-order valence-corrected chi connectivity index (χ2v) is 3.45. The summed E-state index contributed by atoms with van der Waals surface area (Å²) in [5.74, 6) is -0.263. The molecule has 1 atom stereocenters. The molecule has 1 aromatic rings. The SMILES string of the molecule is CC(=O)OC1CCc2cc(N)cnc21.